The number of amides is 1. The van der Waals surface area contributed by atoms with E-state index >= 15 is 0 Å². The first kappa shape index (κ1) is 23.7. The Balaban J connectivity index is 1.25. The zero-order valence-electron chi connectivity index (χ0n) is 20.5. The van der Waals surface area contributed by atoms with E-state index in [1.165, 1.54) is 31.7 Å². The van der Waals surface area contributed by atoms with E-state index < -0.39 is 5.60 Å². The van der Waals surface area contributed by atoms with Gasteiger partial charge in [0, 0.05) is 12.5 Å². The van der Waals surface area contributed by atoms with Crippen LogP contribution in [0.1, 0.15) is 77.5 Å². The molecule has 1 aromatic rings. The highest BCUT2D eigenvalue weighted by atomic mass is 16.5. The summed E-state index contributed by atoms with van der Waals surface area (Å²) in [6.07, 6.45) is 12.7. The summed E-state index contributed by atoms with van der Waals surface area (Å²) in [5, 5.41) is 23.0. The second kappa shape index (κ2) is 9.20. The van der Waals surface area contributed by atoms with Gasteiger partial charge in [0.1, 0.15) is 6.07 Å². The summed E-state index contributed by atoms with van der Waals surface area (Å²) in [6, 6.07) is 1.91. The molecular weight excluding hydrogens is 428 g/mol. The van der Waals surface area contributed by atoms with Gasteiger partial charge in [0.2, 0.25) is 11.7 Å². The van der Waals surface area contributed by atoms with E-state index in [-0.39, 0.29) is 23.1 Å². The predicted molar refractivity (Wildman–Crippen MR) is 127 cm³/mol. The van der Waals surface area contributed by atoms with E-state index in [4.69, 9.17) is 10.00 Å². The van der Waals surface area contributed by atoms with Crippen molar-refractivity contribution < 1.29 is 14.6 Å². The fraction of sp³-hybridized carbons (Fsp3) is 0.778. The second-order valence-electron chi connectivity index (χ2n) is 11.6. The number of aliphatic hydroxyl groups is 1. The third kappa shape index (κ3) is 4.13. The Hall–Kier alpha value is -2.04. The van der Waals surface area contributed by atoms with Crippen LogP contribution in [0.4, 0.5) is 5.69 Å². The van der Waals surface area contributed by atoms with Crippen molar-refractivity contribution in [3.8, 4) is 6.07 Å². The van der Waals surface area contributed by atoms with Crippen LogP contribution in [0.2, 0.25) is 0 Å². The van der Waals surface area contributed by atoms with Crippen LogP contribution < -0.4 is 5.32 Å². The van der Waals surface area contributed by atoms with E-state index in [0.29, 0.717) is 42.6 Å². The van der Waals surface area contributed by atoms with Gasteiger partial charge >= 0.3 is 0 Å². The highest BCUT2D eigenvalue weighted by molar-refractivity contribution is 5.93. The molecule has 8 unspecified atom stereocenters. The van der Waals surface area contributed by atoms with Gasteiger partial charge in [-0.15, -0.1) is 0 Å². The van der Waals surface area contributed by atoms with Gasteiger partial charge in [-0.25, -0.2) is 9.97 Å². The third-order valence-electron chi connectivity index (χ3n) is 10.0. The Morgan fingerprint density at radius 2 is 1.91 bits per heavy atom. The molecule has 4 saturated carbocycles. The van der Waals surface area contributed by atoms with E-state index in [0.717, 1.165) is 44.4 Å². The Kier molecular flexibility index (Phi) is 6.41. The molecule has 4 fully saturated rings. The predicted octanol–water partition coefficient (Wildman–Crippen LogP) is 4.32. The van der Waals surface area contributed by atoms with Crippen LogP contribution in [0.25, 0.3) is 0 Å². The summed E-state index contributed by atoms with van der Waals surface area (Å²) >= 11 is 0. The lowest BCUT2D eigenvalue weighted by Crippen LogP contribution is -2.52. The minimum Gasteiger partial charge on any atom is -0.387 e. The number of nitrogens with one attached hydrogen (secondary N) is 1. The normalized spacial score (nSPS) is 41.0. The summed E-state index contributed by atoms with van der Waals surface area (Å²) in [7, 11) is 0. The van der Waals surface area contributed by atoms with E-state index in [2.05, 4.69) is 22.2 Å². The lowest BCUT2D eigenvalue weighted by atomic mass is 9.49. The van der Waals surface area contributed by atoms with Crippen molar-refractivity contribution in [3.63, 3.8) is 0 Å². The summed E-state index contributed by atoms with van der Waals surface area (Å²) in [4.78, 5) is 21.3. The maximum Gasteiger partial charge on any atom is 0.232 e. The van der Waals surface area contributed by atoms with Gasteiger partial charge in [0.15, 0.2) is 0 Å². The molecule has 0 aromatic carbocycles. The molecule has 1 amide bonds. The van der Waals surface area contributed by atoms with Crippen molar-refractivity contribution >= 4 is 11.6 Å². The highest BCUT2D eigenvalue weighted by Crippen LogP contribution is 2.64. The van der Waals surface area contributed by atoms with Crippen molar-refractivity contribution in [3.05, 3.63) is 18.2 Å². The smallest absolute Gasteiger partial charge is 0.232 e. The Morgan fingerprint density at radius 3 is 2.65 bits per heavy atom. The standard InChI is InChI=1S/C27H38N4O3/c1-3-34-16-27(33)11-9-19-17(12-27)4-5-21-20(19)8-10-26(2)22(21)6-7-23(26)25(32)31-18-14-29-24(13-28)30-15-18/h14-15,17,19-23,33H,3-12,16H2,1-2H3,(H,31,32). The first-order valence-corrected chi connectivity index (χ1v) is 13.2. The topological polar surface area (TPSA) is 108 Å². The molecule has 4 aliphatic carbocycles. The minimum atomic E-state index is -0.640. The molecule has 1 aromatic heterocycles. The maximum absolute atomic E-state index is 13.3. The van der Waals surface area contributed by atoms with Gasteiger partial charge in [-0.1, -0.05) is 6.92 Å². The Labute approximate surface area is 202 Å². The van der Waals surface area contributed by atoms with Gasteiger partial charge in [0.05, 0.1) is 30.3 Å². The molecule has 2 N–H and O–H groups in total. The number of nitriles is 1. The molecule has 7 heteroatoms. The number of hydrogen-bond donors (Lipinski definition) is 2. The number of ether oxygens (including phenoxy) is 1. The molecule has 7 nitrogen and oxygen atoms in total. The van der Waals surface area contributed by atoms with Gasteiger partial charge in [0.25, 0.3) is 0 Å². The molecule has 5 rings (SSSR count). The fourth-order valence-corrected chi connectivity index (χ4v) is 8.50. The lowest BCUT2D eigenvalue weighted by molar-refractivity contribution is -0.135. The first-order chi connectivity index (χ1) is 16.4. The van der Waals surface area contributed by atoms with Crippen molar-refractivity contribution in [2.75, 3.05) is 18.5 Å². The van der Waals surface area contributed by atoms with E-state index in [1.54, 1.807) is 0 Å². The van der Waals surface area contributed by atoms with Crippen LogP contribution in [0.3, 0.4) is 0 Å². The molecule has 184 valence electrons. The molecule has 8 atom stereocenters. The third-order valence-corrected chi connectivity index (χ3v) is 10.0. The van der Waals surface area contributed by atoms with Gasteiger partial charge in [-0.3, -0.25) is 4.79 Å². The Bertz CT molecular complexity index is 946. The van der Waals surface area contributed by atoms with Crippen LogP contribution >= 0.6 is 0 Å². The van der Waals surface area contributed by atoms with Crippen LogP contribution in [0.5, 0.6) is 0 Å². The summed E-state index contributed by atoms with van der Waals surface area (Å²) in [5.74, 6) is 3.56. The number of fused-ring (bicyclic) bond motifs is 5. The fourth-order valence-electron chi connectivity index (χ4n) is 8.50. The number of anilines is 1. The van der Waals surface area contributed by atoms with Crippen LogP contribution in [-0.4, -0.2) is 39.8 Å². The molecule has 34 heavy (non-hydrogen) atoms. The van der Waals surface area contributed by atoms with Crippen molar-refractivity contribution in [2.24, 2.45) is 40.9 Å². The van der Waals surface area contributed by atoms with Gasteiger partial charge in [-0.05, 0) is 99.7 Å². The Morgan fingerprint density at radius 1 is 1.15 bits per heavy atom. The van der Waals surface area contributed by atoms with Crippen molar-refractivity contribution in [1.29, 1.82) is 5.26 Å². The summed E-state index contributed by atoms with van der Waals surface area (Å²) in [5.41, 5.74) is -0.0404. The number of aromatic nitrogens is 2. The number of hydrogen-bond acceptors (Lipinski definition) is 6. The van der Waals surface area contributed by atoms with Gasteiger partial charge < -0.3 is 15.2 Å². The summed E-state index contributed by atoms with van der Waals surface area (Å²) in [6.45, 7) is 5.48. The minimum absolute atomic E-state index is 0.00876. The number of nitrogens with zero attached hydrogens (tertiary/aromatic N) is 3. The zero-order chi connectivity index (χ0) is 23.9. The molecule has 0 radical (unpaired) electrons. The number of carbonyl (C=O) groups excluding carboxylic acids is 1. The molecular formula is C27H38N4O3. The van der Waals surface area contributed by atoms with Crippen molar-refractivity contribution in [1.82, 2.24) is 9.97 Å². The average molecular weight is 467 g/mol. The highest BCUT2D eigenvalue weighted by Gasteiger charge is 2.59. The number of carbonyl (C=O) groups is 1. The quantitative estimate of drug-likeness (QED) is 0.669. The van der Waals surface area contributed by atoms with E-state index in [1.807, 2.05) is 13.0 Å². The monoisotopic (exact) mass is 466 g/mol. The molecule has 0 spiro atoms. The largest absolute Gasteiger partial charge is 0.387 e. The van der Waals surface area contributed by atoms with Crippen LogP contribution in [0.15, 0.2) is 12.4 Å². The zero-order valence-corrected chi connectivity index (χ0v) is 20.5. The molecule has 4 aliphatic rings. The average Bonchev–Trinajstić information content (AvgIpc) is 3.20. The number of rotatable bonds is 5. The second-order valence-corrected chi connectivity index (χ2v) is 11.6. The summed E-state index contributed by atoms with van der Waals surface area (Å²) < 4.78 is 5.61. The molecule has 0 bridgehead atoms. The van der Waals surface area contributed by atoms with Gasteiger partial charge in [-0.2, -0.15) is 5.26 Å². The van der Waals surface area contributed by atoms with Crippen LogP contribution in [0, 0.1) is 52.3 Å². The maximum atomic E-state index is 13.3. The molecule has 0 saturated heterocycles. The first-order valence-electron chi connectivity index (χ1n) is 13.2. The van der Waals surface area contributed by atoms with E-state index in [9.17, 15) is 9.90 Å². The lowest BCUT2D eigenvalue weighted by Gasteiger charge is -2.57. The molecule has 0 aliphatic heterocycles. The molecule has 1 heterocycles. The van der Waals surface area contributed by atoms with Crippen molar-refractivity contribution in [2.45, 2.75) is 77.2 Å². The van der Waals surface area contributed by atoms with Crippen LogP contribution in [-0.2, 0) is 9.53 Å². The SMILES string of the molecule is CCOCC1(O)CCC2C(CCC3C2CCC2(C)C(C(=O)Nc4cnc(C#N)nc4)CCC32)C1.